The van der Waals surface area contributed by atoms with Gasteiger partial charge in [0.2, 0.25) is 0 Å². The van der Waals surface area contributed by atoms with Crippen LogP contribution >= 0.6 is 0 Å². The van der Waals surface area contributed by atoms with Crippen molar-refractivity contribution < 1.29 is 14.4 Å². The standard InChI is InChI=1S/C18H12N2O4/c1-23-17-9-4-13-3-2-12(11-19)10-16(13)18(17)24-15-7-5-14(6-8-15)20(21)22/h2-10H,1H3. The zero-order valence-corrected chi connectivity index (χ0v) is 12.7. The van der Waals surface area contributed by atoms with Crippen molar-refractivity contribution in [3.8, 4) is 23.3 Å². The number of rotatable bonds is 4. The number of nitriles is 1. The van der Waals surface area contributed by atoms with Crippen LogP contribution in [0, 0.1) is 21.4 Å². The van der Waals surface area contributed by atoms with Crippen LogP contribution in [0.2, 0.25) is 0 Å². The number of methoxy groups -OCH3 is 1. The van der Waals surface area contributed by atoms with Gasteiger partial charge in [-0.25, -0.2) is 0 Å². The molecule has 0 saturated carbocycles. The van der Waals surface area contributed by atoms with Gasteiger partial charge in [0.05, 0.1) is 23.7 Å². The van der Waals surface area contributed by atoms with Crippen molar-refractivity contribution in [1.82, 2.24) is 0 Å². The van der Waals surface area contributed by atoms with E-state index in [4.69, 9.17) is 14.7 Å². The van der Waals surface area contributed by atoms with E-state index in [0.29, 0.717) is 22.8 Å². The molecule has 0 atom stereocenters. The fraction of sp³-hybridized carbons (Fsp3) is 0.0556. The second kappa shape index (κ2) is 6.26. The Kier molecular flexibility index (Phi) is 4.00. The maximum Gasteiger partial charge on any atom is 0.269 e. The van der Waals surface area contributed by atoms with E-state index in [1.165, 1.54) is 31.4 Å². The number of nitrogens with zero attached hydrogens (tertiary/aromatic N) is 2. The summed E-state index contributed by atoms with van der Waals surface area (Å²) >= 11 is 0. The highest BCUT2D eigenvalue weighted by Gasteiger charge is 2.13. The van der Waals surface area contributed by atoms with E-state index in [9.17, 15) is 10.1 Å². The Labute approximate surface area is 137 Å². The fourth-order valence-electron chi connectivity index (χ4n) is 2.36. The average Bonchev–Trinajstić information content (AvgIpc) is 2.62. The Morgan fingerprint density at radius 2 is 1.79 bits per heavy atom. The SMILES string of the molecule is COc1ccc2ccc(C#N)cc2c1Oc1ccc([N+](=O)[O-])cc1. The number of non-ortho nitro benzene ring substituents is 1. The van der Waals surface area contributed by atoms with Gasteiger partial charge in [-0.2, -0.15) is 5.26 Å². The molecule has 118 valence electrons. The van der Waals surface area contributed by atoms with Gasteiger partial charge in [-0.15, -0.1) is 0 Å². The van der Waals surface area contributed by atoms with Crippen molar-refractivity contribution >= 4 is 16.5 Å². The molecule has 3 aromatic carbocycles. The van der Waals surface area contributed by atoms with E-state index in [-0.39, 0.29) is 5.69 Å². The van der Waals surface area contributed by atoms with Crippen LogP contribution in [0.4, 0.5) is 5.69 Å². The summed E-state index contributed by atoms with van der Waals surface area (Å²) in [6.07, 6.45) is 0. The number of benzene rings is 3. The molecule has 0 bridgehead atoms. The molecule has 0 aliphatic heterocycles. The Bertz CT molecular complexity index is 959. The molecule has 0 spiro atoms. The first-order valence-electron chi connectivity index (χ1n) is 7.05. The van der Waals surface area contributed by atoms with Gasteiger partial charge in [-0.3, -0.25) is 10.1 Å². The summed E-state index contributed by atoms with van der Waals surface area (Å²) in [6, 6.07) is 16.8. The van der Waals surface area contributed by atoms with Crippen LogP contribution in [0.3, 0.4) is 0 Å². The van der Waals surface area contributed by atoms with Crippen LogP contribution in [0.1, 0.15) is 5.56 Å². The summed E-state index contributed by atoms with van der Waals surface area (Å²) in [7, 11) is 1.53. The molecule has 0 radical (unpaired) electrons. The van der Waals surface area contributed by atoms with E-state index in [1.807, 2.05) is 12.1 Å². The Hall–Kier alpha value is -3.59. The van der Waals surface area contributed by atoms with Gasteiger partial charge in [0.15, 0.2) is 11.5 Å². The molecule has 0 aliphatic rings. The normalized spacial score (nSPS) is 10.2. The average molecular weight is 320 g/mol. The zero-order valence-electron chi connectivity index (χ0n) is 12.7. The lowest BCUT2D eigenvalue weighted by Crippen LogP contribution is -1.93. The number of fused-ring (bicyclic) bond motifs is 1. The first kappa shape index (κ1) is 15.3. The van der Waals surface area contributed by atoms with Crippen LogP contribution < -0.4 is 9.47 Å². The van der Waals surface area contributed by atoms with Crippen molar-refractivity contribution in [2.75, 3.05) is 7.11 Å². The van der Waals surface area contributed by atoms with Gasteiger partial charge in [-0.1, -0.05) is 12.1 Å². The predicted octanol–water partition coefficient (Wildman–Crippen LogP) is 4.42. The maximum absolute atomic E-state index is 10.7. The van der Waals surface area contributed by atoms with Crippen LogP contribution in [0.15, 0.2) is 54.6 Å². The summed E-state index contributed by atoms with van der Waals surface area (Å²) in [5.41, 5.74) is 0.489. The lowest BCUT2D eigenvalue weighted by atomic mass is 10.1. The lowest BCUT2D eigenvalue weighted by Gasteiger charge is -2.13. The third-order valence-electron chi connectivity index (χ3n) is 3.55. The molecule has 3 aromatic rings. The number of nitro benzene ring substituents is 1. The molecule has 0 unspecified atom stereocenters. The zero-order chi connectivity index (χ0) is 17.1. The molecule has 0 amide bonds. The van der Waals surface area contributed by atoms with Crippen molar-refractivity contribution in [3.05, 3.63) is 70.3 Å². The minimum atomic E-state index is -0.471. The maximum atomic E-state index is 10.7. The van der Waals surface area contributed by atoms with E-state index in [0.717, 1.165) is 10.8 Å². The highest BCUT2D eigenvalue weighted by atomic mass is 16.6. The summed E-state index contributed by atoms with van der Waals surface area (Å²) in [5, 5.41) is 21.5. The van der Waals surface area contributed by atoms with E-state index < -0.39 is 4.92 Å². The quantitative estimate of drug-likeness (QED) is 0.524. The van der Waals surface area contributed by atoms with Gasteiger partial charge in [-0.05, 0) is 35.7 Å². The molecule has 24 heavy (non-hydrogen) atoms. The molecule has 0 fully saturated rings. The topological polar surface area (TPSA) is 85.4 Å². The largest absolute Gasteiger partial charge is 0.493 e. The van der Waals surface area contributed by atoms with Crippen molar-refractivity contribution in [1.29, 1.82) is 5.26 Å². The third kappa shape index (κ3) is 2.83. The summed E-state index contributed by atoms with van der Waals surface area (Å²) in [4.78, 5) is 10.3. The molecule has 0 saturated heterocycles. The minimum Gasteiger partial charge on any atom is -0.493 e. The first-order chi connectivity index (χ1) is 11.6. The lowest BCUT2D eigenvalue weighted by molar-refractivity contribution is -0.384. The number of nitro groups is 1. The Morgan fingerprint density at radius 3 is 2.42 bits per heavy atom. The van der Waals surface area contributed by atoms with Crippen LogP contribution in [-0.4, -0.2) is 12.0 Å². The summed E-state index contributed by atoms with van der Waals surface area (Å²) in [5.74, 6) is 1.41. The minimum absolute atomic E-state index is 0.0148. The third-order valence-corrected chi connectivity index (χ3v) is 3.55. The fourth-order valence-corrected chi connectivity index (χ4v) is 2.36. The molecule has 0 N–H and O–H groups in total. The van der Waals surface area contributed by atoms with E-state index >= 15 is 0 Å². The van der Waals surface area contributed by atoms with Gasteiger partial charge in [0, 0.05) is 17.5 Å². The monoisotopic (exact) mass is 320 g/mol. The number of hydrogen-bond acceptors (Lipinski definition) is 5. The van der Waals surface area contributed by atoms with Crippen LogP contribution in [-0.2, 0) is 0 Å². The molecule has 0 aliphatic carbocycles. The van der Waals surface area contributed by atoms with Gasteiger partial charge in [0.1, 0.15) is 5.75 Å². The second-order valence-electron chi connectivity index (χ2n) is 5.00. The van der Waals surface area contributed by atoms with Crippen LogP contribution in [0.25, 0.3) is 10.8 Å². The molecule has 0 heterocycles. The smallest absolute Gasteiger partial charge is 0.269 e. The van der Waals surface area contributed by atoms with E-state index in [2.05, 4.69) is 6.07 Å². The predicted molar refractivity (Wildman–Crippen MR) is 88.4 cm³/mol. The van der Waals surface area contributed by atoms with Crippen molar-refractivity contribution in [2.24, 2.45) is 0 Å². The Morgan fingerprint density at radius 1 is 1.08 bits per heavy atom. The second-order valence-corrected chi connectivity index (χ2v) is 5.00. The molecule has 6 nitrogen and oxygen atoms in total. The Balaban J connectivity index is 2.09. The highest BCUT2D eigenvalue weighted by molar-refractivity contribution is 5.92. The molecular weight excluding hydrogens is 308 g/mol. The van der Waals surface area contributed by atoms with Gasteiger partial charge < -0.3 is 9.47 Å². The number of ether oxygens (including phenoxy) is 2. The van der Waals surface area contributed by atoms with Crippen molar-refractivity contribution in [3.63, 3.8) is 0 Å². The highest BCUT2D eigenvalue weighted by Crippen LogP contribution is 2.39. The summed E-state index contributed by atoms with van der Waals surface area (Å²) < 4.78 is 11.2. The van der Waals surface area contributed by atoms with Crippen LogP contribution in [0.5, 0.6) is 17.2 Å². The molecular formula is C18H12N2O4. The van der Waals surface area contributed by atoms with Gasteiger partial charge >= 0.3 is 0 Å². The summed E-state index contributed by atoms with van der Waals surface area (Å²) in [6.45, 7) is 0. The first-order valence-corrected chi connectivity index (χ1v) is 7.05. The van der Waals surface area contributed by atoms with Crippen molar-refractivity contribution in [2.45, 2.75) is 0 Å². The number of hydrogen-bond donors (Lipinski definition) is 0. The van der Waals surface area contributed by atoms with Gasteiger partial charge in [0.25, 0.3) is 5.69 Å². The molecule has 6 heteroatoms. The molecule has 0 aromatic heterocycles. The molecule has 3 rings (SSSR count). The van der Waals surface area contributed by atoms with E-state index in [1.54, 1.807) is 18.2 Å².